The van der Waals surface area contributed by atoms with Gasteiger partial charge in [-0.25, -0.2) is 9.37 Å². The van der Waals surface area contributed by atoms with Gasteiger partial charge in [-0.3, -0.25) is 0 Å². The van der Waals surface area contributed by atoms with E-state index in [1.165, 1.54) is 17.4 Å². The number of aromatic nitrogens is 2. The van der Waals surface area contributed by atoms with E-state index in [4.69, 9.17) is 5.73 Å². The maximum atomic E-state index is 13.9. The molecule has 0 bridgehead atoms. The highest BCUT2D eigenvalue weighted by atomic mass is 32.1. The monoisotopic (exact) mass is 276 g/mol. The van der Waals surface area contributed by atoms with E-state index >= 15 is 0 Å². The van der Waals surface area contributed by atoms with E-state index in [9.17, 15) is 4.39 Å². The zero-order valence-corrected chi connectivity index (χ0v) is 10.9. The minimum atomic E-state index is -0.273. The SMILES string of the molecule is NCc1cc2cc(F)c(NCc3cscn3)cc2[nH]1. The number of nitrogens with one attached hydrogen (secondary N) is 2. The van der Waals surface area contributed by atoms with Gasteiger partial charge >= 0.3 is 0 Å². The highest BCUT2D eigenvalue weighted by Crippen LogP contribution is 2.24. The predicted molar refractivity (Wildman–Crippen MR) is 75.6 cm³/mol. The van der Waals surface area contributed by atoms with Crippen LogP contribution in [0, 0.1) is 5.82 Å². The number of halogens is 1. The van der Waals surface area contributed by atoms with E-state index < -0.39 is 0 Å². The topological polar surface area (TPSA) is 66.7 Å². The Hall–Kier alpha value is -1.92. The number of thiazole rings is 1. The van der Waals surface area contributed by atoms with Crippen molar-refractivity contribution in [2.24, 2.45) is 5.73 Å². The molecule has 0 atom stereocenters. The second-order valence-corrected chi connectivity index (χ2v) is 4.97. The third kappa shape index (κ3) is 2.45. The lowest BCUT2D eigenvalue weighted by atomic mass is 10.2. The molecular weight excluding hydrogens is 263 g/mol. The Bertz CT molecular complexity index is 690. The number of anilines is 1. The van der Waals surface area contributed by atoms with Gasteiger partial charge in [-0.2, -0.15) is 0 Å². The van der Waals surface area contributed by atoms with Gasteiger partial charge in [-0.1, -0.05) is 0 Å². The molecule has 19 heavy (non-hydrogen) atoms. The van der Waals surface area contributed by atoms with Crippen LogP contribution in [-0.2, 0) is 13.1 Å². The van der Waals surface area contributed by atoms with E-state index in [1.807, 2.05) is 11.4 Å². The Balaban J connectivity index is 1.88. The van der Waals surface area contributed by atoms with Gasteiger partial charge in [-0.05, 0) is 18.2 Å². The van der Waals surface area contributed by atoms with Crippen LogP contribution in [0.1, 0.15) is 11.4 Å². The number of rotatable bonds is 4. The molecule has 6 heteroatoms. The van der Waals surface area contributed by atoms with Crippen molar-refractivity contribution in [2.75, 3.05) is 5.32 Å². The van der Waals surface area contributed by atoms with Gasteiger partial charge < -0.3 is 16.0 Å². The van der Waals surface area contributed by atoms with Gasteiger partial charge in [0.05, 0.1) is 23.4 Å². The minimum absolute atomic E-state index is 0.273. The van der Waals surface area contributed by atoms with Crippen molar-refractivity contribution >= 4 is 27.9 Å². The van der Waals surface area contributed by atoms with Gasteiger partial charge in [0.2, 0.25) is 0 Å². The largest absolute Gasteiger partial charge is 0.377 e. The van der Waals surface area contributed by atoms with Gasteiger partial charge in [0, 0.05) is 28.5 Å². The number of nitrogens with two attached hydrogens (primary N) is 1. The Morgan fingerprint density at radius 2 is 2.26 bits per heavy atom. The number of hydrogen-bond acceptors (Lipinski definition) is 4. The number of nitrogens with zero attached hydrogens (tertiary/aromatic N) is 1. The van der Waals surface area contributed by atoms with Crippen molar-refractivity contribution in [2.45, 2.75) is 13.1 Å². The first-order valence-electron chi connectivity index (χ1n) is 5.88. The second kappa shape index (κ2) is 4.99. The zero-order valence-electron chi connectivity index (χ0n) is 10.1. The van der Waals surface area contributed by atoms with Crippen LogP contribution in [-0.4, -0.2) is 9.97 Å². The van der Waals surface area contributed by atoms with Gasteiger partial charge in [0.1, 0.15) is 5.82 Å². The van der Waals surface area contributed by atoms with Gasteiger partial charge in [0.15, 0.2) is 0 Å². The first-order valence-corrected chi connectivity index (χ1v) is 6.82. The summed E-state index contributed by atoms with van der Waals surface area (Å²) in [5, 5.41) is 5.82. The molecule has 0 saturated heterocycles. The molecular formula is C13H13FN4S. The normalized spacial score (nSPS) is 11.1. The molecule has 3 rings (SSSR count). The van der Waals surface area contributed by atoms with Crippen LogP contribution in [0.2, 0.25) is 0 Å². The molecule has 4 N–H and O–H groups in total. The molecule has 0 aliphatic rings. The average Bonchev–Trinajstić information content (AvgIpc) is 3.04. The molecule has 0 fully saturated rings. The van der Waals surface area contributed by atoms with Crippen molar-refractivity contribution in [3.63, 3.8) is 0 Å². The second-order valence-electron chi connectivity index (χ2n) is 4.25. The summed E-state index contributed by atoms with van der Waals surface area (Å²) in [4.78, 5) is 7.31. The Morgan fingerprint density at radius 1 is 1.37 bits per heavy atom. The quantitative estimate of drug-likeness (QED) is 0.686. The average molecular weight is 276 g/mol. The minimum Gasteiger partial charge on any atom is -0.377 e. The number of H-pyrrole nitrogens is 1. The smallest absolute Gasteiger partial charge is 0.147 e. The number of benzene rings is 1. The van der Waals surface area contributed by atoms with E-state index in [1.54, 1.807) is 11.6 Å². The lowest BCUT2D eigenvalue weighted by molar-refractivity contribution is 0.632. The van der Waals surface area contributed by atoms with E-state index in [0.717, 1.165) is 22.3 Å². The summed E-state index contributed by atoms with van der Waals surface area (Å²) in [6, 6.07) is 5.13. The van der Waals surface area contributed by atoms with Crippen LogP contribution < -0.4 is 11.1 Å². The molecule has 1 aromatic carbocycles. The van der Waals surface area contributed by atoms with Crippen LogP contribution >= 0.6 is 11.3 Å². The van der Waals surface area contributed by atoms with E-state index in [2.05, 4.69) is 15.3 Å². The molecule has 0 aliphatic heterocycles. The number of hydrogen-bond donors (Lipinski definition) is 3. The van der Waals surface area contributed by atoms with Crippen LogP contribution in [0.3, 0.4) is 0 Å². The molecule has 98 valence electrons. The summed E-state index contributed by atoms with van der Waals surface area (Å²) in [5.41, 5.74) is 10.5. The molecule has 4 nitrogen and oxygen atoms in total. The van der Waals surface area contributed by atoms with Gasteiger partial charge in [0.25, 0.3) is 0 Å². The summed E-state index contributed by atoms with van der Waals surface area (Å²) in [7, 11) is 0. The molecule has 3 aromatic rings. The Kier molecular flexibility index (Phi) is 3.18. The van der Waals surface area contributed by atoms with E-state index in [0.29, 0.717) is 18.8 Å². The summed E-state index contributed by atoms with van der Waals surface area (Å²) in [5.74, 6) is -0.273. The van der Waals surface area contributed by atoms with Crippen LogP contribution in [0.4, 0.5) is 10.1 Å². The molecule has 0 radical (unpaired) electrons. The molecule has 0 amide bonds. The summed E-state index contributed by atoms with van der Waals surface area (Å²) < 4.78 is 13.9. The van der Waals surface area contributed by atoms with Crippen molar-refractivity contribution in [1.29, 1.82) is 0 Å². The fraction of sp³-hybridized carbons (Fsp3) is 0.154. The number of aromatic amines is 1. The summed E-state index contributed by atoms with van der Waals surface area (Å²) >= 11 is 1.52. The van der Waals surface area contributed by atoms with E-state index in [-0.39, 0.29) is 5.82 Å². The molecule has 2 aromatic heterocycles. The highest BCUT2D eigenvalue weighted by Gasteiger charge is 2.07. The third-order valence-electron chi connectivity index (χ3n) is 2.93. The first kappa shape index (κ1) is 12.1. The van der Waals surface area contributed by atoms with Crippen molar-refractivity contribution in [1.82, 2.24) is 9.97 Å². The maximum absolute atomic E-state index is 13.9. The Morgan fingerprint density at radius 3 is 3.00 bits per heavy atom. The zero-order chi connectivity index (χ0) is 13.2. The first-order chi connectivity index (χ1) is 9.26. The van der Waals surface area contributed by atoms with Crippen LogP contribution in [0.25, 0.3) is 10.9 Å². The van der Waals surface area contributed by atoms with Gasteiger partial charge in [-0.15, -0.1) is 11.3 Å². The van der Waals surface area contributed by atoms with Crippen molar-refractivity contribution in [3.05, 3.63) is 46.3 Å². The molecule has 0 unspecified atom stereocenters. The lowest BCUT2D eigenvalue weighted by Gasteiger charge is -2.06. The van der Waals surface area contributed by atoms with Crippen molar-refractivity contribution < 1.29 is 4.39 Å². The van der Waals surface area contributed by atoms with Crippen LogP contribution in [0.15, 0.2) is 29.1 Å². The summed E-state index contributed by atoms with van der Waals surface area (Å²) in [6.45, 7) is 0.925. The maximum Gasteiger partial charge on any atom is 0.147 e. The fourth-order valence-corrected chi connectivity index (χ4v) is 2.53. The van der Waals surface area contributed by atoms with Crippen LogP contribution in [0.5, 0.6) is 0 Å². The fourth-order valence-electron chi connectivity index (χ4n) is 1.97. The summed E-state index contributed by atoms with van der Waals surface area (Å²) in [6.07, 6.45) is 0. The molecule has 0 spiro atoms. The molecule has 0 saturated carbocycles. The molecule has 0 aliphatic carbocycles. The highest BCUT2D eigenvalue weighted by molar-refractivity contribution is 7.07. The number of fused-ring (bicyclic) bond motifs is 1. The van der Waals surface area contributed by atoms with Crippen molar-refractivity contribution in [3.8, 4) is 0 Å². The third-order valence-corrected chi connectivity index (χ3v) is 3.56. The lowest BCUT2D eigenvalue weighted by Crippen LogP contribution is -2.01. The standard InChI is InChI=1S/C13H13FN4S/c14-11-2-8-1-9(4-15)18-12(8)3-13(11)16-5-10-6-19-7-17-10/h1-3,6-7,16,18H,4-5,15H2. The molecule has 2 heterocycles. The Labute approximate surface area is 113 Å². The predicted octanol–water partition coefficient (Wildman–Crippen LogP) is 2.83.